The van der Waals surface area contributed by atoms with Crippen molar-refractivity contribution >= 4 is 16.9 Å². The molecule has 3 aromatic heterocycles. The number of carbonyl (C=O) groups excluding carboxylic acids is 1. The summed E-state index contributed by atoms with van der Waals surface area (Å²) in [6.07, 6.45) is 5.19. The summed E-state index contributed by atoms with van der Waals surface area (Å²) in [4.78, 5) is 32.3. The lowest BCUT2D eigenvalue weighted by Gasteiger charge is -2.38. The summed E-state index contributed by atoms with van der Waals surface area (Å²) in [5.41, 5.74) is -0.0755. The number of aryl methyl sites for hydroxylation is 1. The van der Waals surface area contributed by atoms with Crippen LogP contribution in [0.4, 0.5) is 4.39 Å². The van der Waals surface area contributed by atoms with Gasteiger partial charge in [0, 0.05) is 38.0 Å². The van der Waals surface area contributed by atoms with Crippen LogP contribution < -0.4 is 10.3 Å². The van der Waals surface area contributed by atoms with Gasteiger partial charge in [-0.15, -0.1) is 5.10 Å². The van der Waals surface area contributed by atoms with Gasteiger partial charge in [0.2, 0.25) is 5.88 Å². The Morgan fingerprint density at radius 1 is 1.07 bits per heavy atom. The van der Waals surface area contributed by atoms with Crippen LogP contribution >= 0.6 is 0 Å². The molecule has 2 aromatic carbocycles. The van der Waals surface area contributed by atoms with E-state index in [2.05, 4.69) is 15.2 Å². The molecule has 5 aromatic rings. The Bertz CT molecular complexity index is 1730. The van der Waals surface area contributed by atoms with Crippen molar-refractivity contribution in [1.82, 2.24) is 34.0 Å². The first-order valence-electron chi connectivity index (χ1n) is 12.8. The first-order valence-corrected chi connectivity index (χ1v) is 12.8. The Morgan fingerprint density at radius 2 is 1.80 bits per heavy atom. The normalized spacial score (nSPS) is 14.9. The van der Waals surface area contributed by atoms with E-state index < -0.39 is 5.60 Å². The van der Waals surface area contributed by atoms with Crippen molar-refractivity contribution < 1.29 is 19.0 Å². The third kappa shape index (κ3) is 4.96. The highest BCUT2D eigenvalue weighted by Gasteiger charge is 2.35. The minimum absolute atomic E-state index is 0.0398. The predicted octanol–water partition coefficient (Wildman–Crippen LogP) is 2.91. The number of hydrogen-bond acceptors (Lipinski definition) is 7. The van der Waals surface area contributed by atoms with Gasteiger partial charge in [0.05, 0.1) is 24.0 Å². The third-order valence-electron chi connectivity index (χ3n) is 7.08. The molecule has 1 amide bonds. The number of carbonyl (C=O) groups is 1. The first-order chi connectivity index (χ1) is 19.3. The van der Waals surface area contributed by atoms with Gasteiger partial charge in [-0.1, -0.05) is 0 Å². The van der Waals surface area contributed by atoms with Gasteiger partial charge in [0.25, 0.3) is 11.5 Å². The molecule has 0 bridgehead atoms. The number of hydrogen-bond donors (Lipinski definition) is 1. The maximum absolute atomic E-state index is 13.3. The number of ether oxygens (including phenoxy) is 1. The average Bonchev–Trinajstić information content (AvgIpc) is 3.57. The zero-order valence-corrected chi connectivity index (χ0v) is 21.6. The van der Waals surface area contributed by atoms with E-state index in [1.807, 2.05) is 0 Å². The quantitative estimate of drug-likeness (QED) is 0.350. The Kier molecular flexibility index (Phi) is 6.39. The Labute approximate surface area is 227 Å². The number of piperidine rings is 1. The van der Waals surface area contributed by atoms with Crippen LogP contribution in [-0.2, 0) is 13.6 Å². The zero-order valence-electron chi connectivity index (χ0n) is 21.6. The summed E-state index contributed by atoms with van der Waals surface area (Å²) in [5, 5.41) is 20.0. The minimum atomic E-state index is -1.18. The number of rotatable bonds is 6. The van der Waals surface area contributed by atoms with Crippen LogP contribution in [0.25, 0.3) is 16.7 Å². The maximum Gasteiger partial charge on any atom is 0.264 e. The van der Waals surface area contributed by atoms with Crippen LogP contribution in [-0.4, -0.2) is 63.7 Å². The number of aliphatic hydroxyl groups is 1. The molecule has 40 heavy (non-hydrogen) atoms. The van der Waals surface area contributed by atoms with Crippen LogP contribution in [0.15, 0.2) is 78.1 Å². The van der Waals surface area contributed by atoms with Crippen LogP contribution in [0.3, 0.4) is 0 Å². The first kappa shape index (κ1) is 25.4. The van der Waals surface area contributed by atoms with Crippen molar-refractivity contribution in [2.24, 2.45) is 7.05 Å². The average molecular weight is 544 g/mol. The van der Waals surface area contributed by atoms with Crippen molar-refractivity contribution in [3.8, 4) is 17.3 Å². The number of halogens is 1. The van der Waals surface area contributed by atoms with E-state index in [9.17, 15) is 19.1 Å². The van der Waals surface area contributed by atoms with Crippen molar-refractivity contribution in [3.63, 3.8) is 0 Å². The molecule has 0 saturated carbocycles. The molecular formula is C28H26FN7O4. The molecule has 0 atom stereocenters. The van der Waals surface area contributed by atoms with E-state index >= 15 is 0 Å². The van der Waals surface area contributed by atoms with Gasteiger partial charge < -0.3 is 14.7 Å². The molecule has 0 aliphatic carbocycles. The summed E-state index contributed by atoms with van der Waals surface area (Å²) >= 11 is 0. The molecule has 1 N–H and O–H groups in total. The van der Waals surface area contributed by atoms with Crippen molar-refractivity contribution in [3.05, 3.63) is 95.1 Å². The predicted molar refractivity (Wildman–Crippen MR) is 143 cm³/mol. The number of fused-ring (bicyclic) bond motifs is 1. The second-order valence-corrected chi connectivity index (χ2v) is 9.92. The van der Waals surface area contributed by atoms with E-state index in [-0.39, 0.29) is 23.8 Å². The van der Waals surface area contributed by atoms with Crippen molar-refractivity contribution in [1.29, 1.82) is 0 Å². The standard InChI is InChI=1S/C28H26FN7O4/c1-33-13-10-24(32-33)40-22-8-2-19(3-9-22)26(37)34-14-11-28(39,12-15-34)17-35-18-30-25-23(27(35)38)16-31-36(25)21-6-4-20(29)5-7-21/h2-10,13,16,18,39H,11-12,14-15,17H2,1H3. The smallest absolute Gasteiger partial charge is 0.264 e. The highest BCUT2D eigenvalue weighted by Crippen LogP contribution is 2.26. The molecule has 1 fully saturated rings. The summed E-state index contributed by atoms with van der Waals surface area (Å²) in [6, 6.07) is 14.3. The fourth-order valence-electron chi connectivity index (χ4n) is 4.85. The van der Waals surface area contributed by atoms with Gasteiger partial charge in [-0.2, -0.15) is 5.10 Å². The van der Waals surface area contributed by atoms with Gasteiger partial charge in [-0.25, -0.2) is 14.1 Å². The molecule has 11 nitrogen and oxygen atoms in total. The van der Waals surface area contributed by atoms with Gasteiger partial charge in [-0.3, -0.25) is 18.8 Å². The topological polar surface area (TPSA) is 120 Å². The second kappa shape index (κ2) is 10.0. The number of nitrogens with zero attached hydrogens (tertiary/aromatic N) is 7. The van der Waals surface area contributed by atoms with Crippen molar-refractivity contribution in [2.75, 3.05) is 13.1 Å². The Hall–Kier alpha value is -4.84. The summed E-state index contributed by atoms with van der Waals surface area (Å²) in [7, 11) is 1.80. The highest BCUT2D eigenvalue weighted by atomic mass is 19.1. The monoisotopic (exact) mass is 543 g/mol. The molecule has 12 heteroatoms. The molecule has 0 radical (unpaired) electrons. The fourth-order valence-corrected chi connectivity index (χ4v) is 4.85. The largest absolute Gasteiger partial charge is 0.438 e. The van der Waals surface area contributed by atoms with Gasteiger partial charge in [0.1, 0.15) is 23.3 Å². The number of benzene rings is 2. The lowest BCUT2D eigenvalue weighted by molar-refractivity contribution is -0.0299. The molecule has 0 spiro atoms. The number of aromatic nitrogens is 6. The fraction of sp³-hybridized carbons (Fsp3) is 0.250. The van der Waals surface area contributed by atoms with E-state index in [0.717, 1.165) is 0 Å². The van der Waals surface area contributed by atoms with Crippen LogP contribution in [0.5, 0.6) is 11.6 Å². The second-order valence-electron chi connectivity index (χ2n) is 9.92. The third-order valence-corrected chi connectivity index (χ3v) is 7.08. The molecule has 1 aliphatic heterocycles. The van der Waals surface area contributed by atoms with E-state index in [1.165, 1.54) is 33.9 Å². The molecule has 0 unspecified atom stereocenters. The Morgan fingerprint density at radius 3 is 2.48 bits per heavy atom. The molecule has 1 saturated heterocycles. The Balaban J connectivity index is 1.11. The molecule has 4 heterocycles. The van der Waals surface area contributed by atoms with E-state index in [4.69, 9.17) is 4.74 Å². The summed E-state index contributed by atoms with van der Waals surface area (Å²) < 4.78 is 23.5. The van der Waals surface area contributed by atoms with Crippen LogP contribution in [0, 0.1) is 5.82 Å². The zero-order chi connectivity index (χ0) is 27.9. The van der Waals surface area contributed by atoms with E-state index in [1.54, 1.807) is 65.3 Å². The molecule has 1 aliphatic rings. The lowest BCUT2D eigenvalue weighted by atomic mass is 9.91. The summed E-state index contributed by atoms with van der Waals surface area (Å²) in [6.45, 7) is 0.723. The molecule has 204 valence electrons. The van der Waals surface area contributed by atoms with Gasteiger partial charge in [0.15, 0.2) is 5.65 Å². The summed E-state index contributed by atoms with van der Waals surface area (Å²) in [5.74, 6) is 0.523. The number of amides is 1. The molecule has 6 rings (SSSR count). The lowest BCUT2D eigenvalue weighted by Crippen LogP contribution is -2.49. The minimum Gasteiger partial charge on any atom is -0.438 e. The maximum atomic E-state index is 13.3. The highest BCUT2D eigenvalue weighted by molar-refractivity contribution is 5.94. The SMILES string of the molecule is Cn1ccc(Oc2ccc(C(=O)N3CCC(O)(Cn4cnc5c(cnn5-c5ccc(F)cc5)c4=O)CC3)cc2)n1. The molecular weight excluding hydrogens is 517 g/mol. The number of likely N-dealkylation sites (tertiary alicyclic amines) is 1. The van der Waals surface area contributed by atoms with Crippen LogP contribution in [0.2, 0.25) is 0 Å². The van der Waals surface area contributed by atoms with E-state index in [0.29, 0.717) is 59.8 Å². The van der Waals surface area contributed by atoms with Gasteiger partial charge >= 0.3 is 0 Å². The van der Waals surface area contributed by atoms with Crippen LogP contribution in [0.1, 0.15) is 23.2 Å². The van der Waals surface area contributed by atoms with Gasteiger partial charge in [-0.05, 0) is 61.4 Å². The van der Waals surface area contributed by atoms with Crippen molar-refractivity contribution in [2.45, 2.75) is 25.0 Å².